The summed E-state index contributed by atoms with van der Waals surface area (Å²) in [5.41, 5.74) is 7.35. The minimum atomic E-state index is -1.48. The number of hydrogen-bond acceptors (Lipinski definition) is 9. The molecule has 0 spiro atoms. The maximum absolute atomic E-state index is 12.6. The molecule has 0 bridgehead atoms. The summed E-state index contributed by atoms with van der Waals surface area (Å²) in [7, 11) is 0. The van der Waals surface area contributed by atoms with Crippen LogP contribution in [0.15, 0.2) is 35.3 Å². The second kappa shape index (κ2) is 15.0. The smallest absolute Gasteiger partial charge is 0.550 e. The molecule has 2 amide bonds. The predicted molar refractivity (Wildman–Crippen MR) is 137 cm³/mol. The number of carboxylic acid groups (broad SMARTS) is 3. The van der Waals surface area contributed by atoms with Crippen LogP contribution in [0.2, 0.25) is 0 Å². The Hall–Kier alpha value is -4.21. The van der Waals surface area contributed by atoms with Gasteiger partial charge >= 0.3 is 41.5 Å². The molecule has 41 heavy (non-hydrogen) atoms. The summed E-state index contributed by atoms with van der Waals surface area (Å²) in [6.45, 7) is 0. The third kappa shape index (κ3) is 9.44. The molecule has 2 heterocycles. The number of aromatic nitrogens is 3. The van der Waals surface area contributed by atoms with Crippen molar-refractivity contribution in [2.24, 2.45) is 0 Å². The fourth-order valence-electron chi connectivity index (χ4n) is 3.98. The molecule has 16 heteroatoms. The molecule has 212 valence electrons. The van der Waals surface area contributed by atoms with E-state index in [0.717, 1.165) is 11.1 Å². The zero-order chi connectivity index (χ0) is 29.4. The standard InChI is InChI=1S/C25H28N6O9.Na/c26-25-30-20-19(22(36)31-25)14(11-27-20)6-3-12-1-4-13(5-2-12)21(35)29-16(24(39)40)7-9-17(32)28-15(23(37)38)8-10-18(33)34;/h1-2,4-5,11,15-16H,3,6-10H2,(H,28,32)(H,29,35)(H,33,34)(H,37,38)(H,39,40)(H4,26,27,30,31,36);/q;+1/p-1/t15-,16-;/m0./s1. The number of amides is 2. The van der Waals surface area contributed by atoms with Gasteiger partial charge in [-0.3, -0.25) is 19.4 Å². The summed E-state index contributed by atoms with van der Waals surface area (Å²) in [6, 6.07) is 3.48. The predicted octanol–water partition coefficient (Wildman–Crippen LogP) is -4.31. The second-order valence-electron chi connectivity index (χ2n) is 8.96. The van der Waals surface area contributed by atoms with Gasteiger partial charge in [0.05, 0.1) is 5.39 Å². The SMILES string of the molecule is Nc1nc2[nH]cc(CCc3ccc(C(=O)N[C@@H](CCC(=O)N[C@@H](CCC(=O)[O-])C(=O)O)C(=O)O)cc3)c2c(=O)[nH]1.[Na+]. The van der Waals surface area contributed by atoms with Crippen LogP contribution in [-0.4, -0.2) is 67.0 Å². The number of aromatic amines is 2. The zero-order valence-electron chi connectivity index (χ0n) is 22.1. The van der Waals surface area contributed by atoms with Crippen molar-refractivity contribution < 1.29 is 68.8 Å². The number of carbonyl (C=O) groups excluding carboxylic acids is 3. The number of carbonyl (C=O) groups is 5. The Morgan fingerprint density at radius 1 is 0.951 bits per heavy atom. The monoisotopic (exact) mass is 578 g/mol. The van der Waals surface area contributed by atoms with E-state index in [2.05, 4.69) is 25.6 Å². The molecule has 0 radical (unpaired) electrons. The molecule has 0 aliphatic rings. The van der Waals surface area contributed by atoms with E-state index in [1.165, 1.54) is 12.1 Å². The van der Waals surface area contributed by atoms with E-state index in [1.54, 1.807) is 18.3 Å². The van der Waals surface area contributed by atoms with Crippen molar-refractivity contribution in [2.75, 3.05) is 5.73 Å². The number of nitrogens with zero attached hydrogens (tertiary/aromatic N) is 1. The summed E-state index contributed by atoms with van der Waals surface area (Å²) in [6.07, 6.45) is 0.970. The maximum atomic E-state index is 12.6. The van der Waals surface area contributed by atoms with E-state index in [9.17, 15) is 39.0 Å². The van der Waals surface area contributed by atoms with Crippen molar-refractivity contribution in [3.8, 4) is 0 Å². The molecule has 1 aromatic carbocycles. The number of rotatable bonds is 14. The quantitative estimate of drug-likeness (QED) is 0.0900. The van der Waals surface area contributed by atoms with E-state index < -0.39 is 61.1 Å². The van der Waals surface area contributed by atoms with Crippen molar-refractivity contribution in [3.63, 3.8) is 0 Å². The molecule has 0 saturated heterocycles. The fourth-order valence-corrected chi connectivity index (χ4v) is 3.98. The molecule has 15 nitrogen and oxygen atoms in total. The molecule has 3 aromatic rings. The normalized spacial score (nSPS) is 12.1. The second-order valence-corrected chi connectivity index (χ2v) is 8.96. The molecule has 0 fully saturated rings. The first-order valence-corrected chi connectivity index (χ1v) is 12.1. The number of nitrogens with two attached hydrogens (primary N) is 1. The summed E-state index contributed by atoms with van der Waals surface area (Å²) < 4.78 is 0. The number of aliphatic carboxylic acids is 3. The number of fused-ring (bicyclic) bond motifs is 1. The molecular formula is C25H27N6NaO9. The van der Waals surface area contributed by atoms with Crippen LogP contribution in [0.1, 0.15) is 47.2 Å². The van der Waals surface area contributed by atoms with Crippen molar-refractivity contribution in [2.45, 2.75) is 50.6 Å². The van der Waals surface area contributed by atoms with Gasteiger partial charge in [-0.25, -0.2) is 9.59 Å². The Kier molecular flexibility index (Phi) is 12.0. The Labute approximate surface area is 254 Å². The summed E-state index contributed by atoms with van der Waals surface area (Å²) >= 11 is 0. The topological polar surface area (TPSA) is 260 Å². The van der Waals surface area contributed by atoms with Crippen LogP contribution in [0.25, 0.3) is 11.0 Å². The van der Waals surface area contributed by atoms with Crippen molar-refractivity contribution in [3.05, 3.63) is 57.5 Å². The number of benzene rings is 1. The van der Waals surface area contributed by atoms with E-state index in [-0.39, 0.29) is 53.0 Å². The first kappa shape index (κ1) is 33.0. The van der Waals surface area contributed by atoms with Crippen LogP contribution >= 0.6 is 0 Å². The molecule has 8 N–H and O–H groups in total. The molecule has 0 saturated carbocycles. The number of H-pyrrole nitrogens is 2. The van der Waals surface area contributed by atoms with E-state index in [0.29, 0.717) is 23.9 Å². The Balaban J connectivity index is 0.00000588. The maximum Gasteiger partial charge on any atom is 1.00 e. The Bertz CT molecular complexity index is 1480. The molecule has 2 aromatic heterocycles. The summed E-state index contributed by atoms with van der Waals surface area (Å²) in [5.74, 6) is -5.81. The molecular weight excluding hydrogens is 551 g/mol. The third-order valence-electron chi connectivity index (χ3n) is 6.08. The van der Waals surface area contributed by atoms with Gasteiger partial charge in [-0.05, 0) is 55.4 Å². The summed E-state index contributed by atoms with van der Waals surface area (Å²) in [4.78, 5) is 79.7. The van der Waals surface area contributed by atoms with Crippen LogP contribution in [0.4, 0.5) is 5.95 Å². The molecule has 2 atom stereocenters. The number of nitrogen functional groups attached to an aromatic ring is 1. The minimum absolute atomic E-state index is 0. The molecule has 0 aliphatic heterocycles. The first-order valence-electron chi connectivity index (χ1n) is 12.1. The Morgan fingerprint density at radius 2 is 1.56 bits per heavy atom. The van der Waals surface area contributed by atoms with E-state index in [4.69, 9.17) is 10.8 Å². The average Bonchev–Trinajstić information content (AvgIpc) is 3.30. The van der Waals surface area contributed by atoms with Gasteiger partial charge in [-0.1, -0.05) is 12.1 Å². The van der Waals surface area contributed by atoms with Crippen molar-refractivity contribution in [1.29, 1.82) is 0 Å². The van der Waals surface area contributed by atoms with Crippen LogP contribution < -0.4 is 56.6 Å². The number of aryl methyl sites for hydroxylation is 2. The van der Waals surface area contributed by atoms with Gasteiger partial charge in [0, 0.05) is 24.2 Å². The molecule has 0 aliphatic carbocycles. The third-order valence-corrected chi connectivity index (χ3v) is 6.08. The van der Waals surface area contributed by atoms with Crippen LogP contribution in [0.5, 0.6) is 0 Å². The van der Waals surface area contributed by atoms with Crippen LogP contribution in [0.3, 0.4) is 0 Å². The number of hydrogen-bond donors (Lipinski definition) is 7. The summed E-state index contributed by atoms with van der Waals surface area (Å²) in [5, 5.41) is 34.0. The van der Waals surface area contributed by atoms with E-state index in [1.807, 2.05) is 0 Å². The van der Waals surface area contributed by atoms with Crippen LogP contribution in [0, 0.1) is 0 Å². The van der Waals surface area contributed by atoms with Gasteiger partial charge in [0.2, 0.25) is 11.9 Å². The van der Waals surface area contributed by atoms with Crippen molar-refractivity contribution in [1.82, 2.24) is 25.6 Å². The van der Waals surface area contributed by atoms with Crippen LogP contribution in [-0.2, 0) is 32.0 Å². The number of nitrogens with one attached hydrogen (secondary N) is 4. The minimum Gasteiger partial charge on any atom is -0.550 e. The van der Waals surface area contributed by atoms with Gasteiger partial charge < -0.3 is 41.5 Å². The fraction of sp³-hybridized carbons (Fsp3) is 0.320. The van der Waals surface area contributed by atoms with Gasteiger partial charge in [0.25, 0.3) is 11.5 Å². The molecule has 3 rings (SSSR count). The average molecular weight is 579 g/mol. The zero-order valence-corrected chi connectivity index (χ0v) is 24.1. The van der Waals surface area contributed by atoms with Gasteiger partial charge in [0.1, 0.15) is 17.7 Å². The number of carboxylic acids is 3. The molecule has 0 unspecified atom stereocenters. The van der Waals surface area contributed by atoms with Gasteiger partial charge in [0.15, 0.2) is 0 Å². The van der Waals surface area contributed by atoms with Gasteiger partial charge in [-0.2, -0.15) is 4.98 Å². The van der Waals surface area contributed by atoms with Gasteiger partial charge in [-0.15, -0.1) is 0 Å². The first-order chi connectivity index (χ1) is 18.9. The Morgan fingerprint density at radius 3 is 2.17 bits per heavy atom. The van der Waals surface area contributed by atoms with Crippen molar-refractivity contribution >= 4 is 46.7 Å². The largest absolute Gasteiger partial charge is 1.00 e. The van der Waals surface area contributed by atoms with E-state index >= 15 is 0 Å². The number of anilines is 1.